The van der Waals surface area contributed by atoms with Crippen molar-refractivity contribution < 1.29 is 29.6 Å². The van der Waals surface area contributed by atoms with Crippen LogP contribution in [0.5, 0.6) is 23.0 Å². The molecule has 0 saturated heterocycles. The molecule has 1 aliphatic rings. The van der Waals surface area contributed by atoms with Gasteiger partial charge in [-0.1, -0.05) is 64.4 Å². The third-order valence-corrected chi connectivity index (χ3v) is 10.4. The number of hydrogen-bond acceptors (Lipinski definition) is 9. The molecule has 1 aliphatic heterocycles. The van der Waals surface area contributed by atoms with Crippen molar-refractivity contribution in [3.63, 3.8) is 0 Å². The molecule has 4 aromatic rings. The van der Waals surface area contributed by atoms with E-state index >= 15 is 0 Å². The lowest BCUT2D eigenvalue weighted by atomic mass is 9.89. The van der Waals surface area contributed by atoms with Gasteiger partial charge in [0.1, 0.15) is 23.5 Å². The summed E-state index contributed by atoms with van der Waals surface area (Å²) in [6.45, 7) is 0. The van der Waals surface area contributed by atoms with Gasteiger partial charge in [0.05, 0.1) is 13.2 Å². The Morgan fingerprint density at radius 1 is 0.932 bits per heavy atom. The van der Waals surface area contributed by atoms with Crippen LogP contribution in [-0.4, -0.2) is 47.1 Å². The fraction of sp³-hybridized carbons (Fsp3) is 0.343. The molecule has 5 rings (SSSR count). The topological polar surface area (TPSA) is 108 Å². The van der Waals surface area contributed by atoms with Gasteiger partial charge in [0.25, 0.3) is 0 Å². The van der Waals surface area contributed by atoms with Crippen LogP contribution in [0.15, 0.2) is 66.7 Å². The van der Waals surface area contributed by atoms with E-state index in [2.05, 4.69) is 11.4 Å². The van der Waals surface area contributed by atoms with Gasteiger partial charge in [-0.25, -0.2) is 0 Å². The number of phenols is 3. The summed E-state index contributed by atoms with van der Waals surface area (Å²) in [4.78, 5) is 13.5. The van der Waals surface area contributed by atoms with Crippen LogP contribution in [0, 0.1) is 0 Å². The van der Waals surface area contributed by atoms with Gasteiger partial charge < -0.3 is 24.8 Å². The summed E-state index contributed by atoms with van der Waals surface area (Å²) in [6, 6.07) is 19.9. The molecule has 7 nitrogen and oxygen atoms in total. The molecule has 4 N–H and O–H groups in total. The van der Waals surface area contributed by atoms with Crippen molar-refractivity contribution in [2.75, 3.05) is 19.9 Å². The van der Waals surface area contributed by atoms with Crippen LogP contribution < -0.4 is 10.1 Å². The molecule has 9 heteroatoms. The molecule has 0 saturated carbocycles. The van der Waals surface area contributed by atoms with Crippen molar-refractivity contribution in [2.45, 2.75) is 56.6 Å². The number of phenolic OH excluding ortho intramolecular Hbond substituents is 3. The van der Waals surface area contributed by atoms with E-state index in [4.69, 9.17) is 9.47 Å². The van der Waals surface area contributed by atoms with Gasteiger partial charge in [0.2, 0.25) is 0 Å². The summed E-state index contributed by atoms with van der Waals surface area (Å²) < 4.78 is 12.2. The van der Waals surface area contributed by atoms with Crippen LogP contribution in [0.25, 0.3) is 21.9 Å². The van der Waals surface area contributed by atoms with Gasteiger partial charge in [-0.15, -0.1) is 0 Å². The van der Waals surface area contributed by atoms with Gasteiger partial charge >= 0.3 is 0 Å². The number of ketones is 1. The first-order chi connectivity index (χ1) is 21.4. The highest BCUT2D eigenvalue weighted by Gasteiger charge is 2.24. The van der Waals surface area contributed by atoms with Gasteiger partial charge in [-0.2, -0.15) is 0 Å². The zero-order valence-corrected chi connectivity index (χ0v) is 26.7. The minimum atomic E-state index is -0.450. The van der Waals surface area contributed by atoms with Crippen LogP contribution in [0.2, 0.25) is 0 Å². The second-order valence-electron chi connectivity index (χ2n) is 11.0. The number of rotatable bonds is 5. The Bertz CT molecular complexity index is 1610. The molecule has 0 fully saturated rings. The molecule has 0 bridgehead atoms. The number of carbonyl (C=O) groups excluding carboxylic acids is 1. The predicted molar refractivity (Wildman–Crippen MR) is 180 cm³/mol. The Balaban J connectivity index is 1.48. The average Bonchev–Trinajstić information content (AvgIpc) is 3.01. The van der Waals surface area contributed by atoms with Crippen LogP contribution in [0.4, 0.5) is 0 Å². The first-order valence-electron chi connectivity index (χ1n) is 14.9. The zero-order chi connectivity index (χ0) is 31.1. The lowest BCUT2D eigenvalue weighted by Crippen LogP contribution is -2.27. The molecule has 0 aliphatic carbocycles. The number of carbonyl (C=O) groups is 1. The van der Waals surface area contributed by atoms with E-state index in [9.17, 15) is 20.1 Å². The number of nitrogens with one attached hydrogen (secondary N) is 1. The predicted octanol–water partition coefficient (Wildman–Crippen LogP) is 7.89. The molecule has 0 amide bonds. The number of benzene rings is 4. The molecular weight excluding hydrogens is 595 g/mol. The highest BCUT2D eigenvalue weighted by Crippen LogP contribution is 2.45. The smallest absolute Gasteiger partial charge is 0.168 e. The monoisotopic (exact) mass is 633 g/mol. The Morgan fingerprint density at radius 2 is 1.75 bits per heavy atom. The van der Waals surface area contributed by atoms with E-state index in [-0.39, 0.29) is 35.6 Å². The van der Waals surface area contributed by atoms with Gasteiger partial charge in [-0.05, 0) is 89.7 Å². The van der Waals surface area contributed by atoms with Crippen molar-refractivity contribution in [3.05, 3.63) is 83.4 Å². The number of aromatic hydroxyl groups is 3. The van der Waals surface area contributed by atoms with Gasteiger partial charge in [0.15, 0.2) is 11.5 Å². The summed E-state index contributed by atoms with van der Waals surface area (Å²) >= 11 is 0. The van der Waals surface area contributed by atoms with Crippen molar-refractivity contribution in [1.29, 1.82) is 0 Å². The number of methoxy groups -OCH3 is 1. The number of aryl methyl sites for hydroxylation is 1. The number of hydrogen-bond donors (Lipinski definition) is 4. The summed E-state index contributed by atoms with van der Waals surface area (Å²) in [5.74, 6) is 2.51. The van der Waals surface area contributed by atoms with Crippen LogP contribution >= 0.6 is 21.6 Å². The molecule has 44 heavy (non-hydrogen) atoms. The summed E-state index contributed by atoms with van der Waals surface area (Å²) in [5.41, 5.74) is 4.45. The summed E-state index contributed by atoms with van der Waals surface area (Å²) in [5, 5.41) is 36.3. The first kappa shape index (κ1) is 32.0. The summed E-state index contributed by atoms with van der Waals surface area (Å²) in [7, 11) is 6.93. The Hall–Kier alpha value is -3.37. The number of Topliss-reactive ketones (excluding diaryl/α,β-unsaturated/α-hetero) is 1. The minimum absolute atomic E-state index is 0.0366. The first-order valence-corrected chi connectivity index (χ1v) is 17.4. The largest absolute Gasteiger partial charge is 0.508 e. The molecule has 0 spiro atoms. The van der Waals surface area contributed by atoms with Crippen molar-refractivity contribution in [1.82, 2.24) is 5.32 Å². The molecule has 0 radical (unpaired) electrons. The van der Waals surface area contributed by atoms with Crippen LogP contribution in [-0.2, 0) is 21.7 Å². The fourth-order valence-electron chi connectivity index (χ4n) is 5.82. The quantitative estimate of drug-likeness (QED) is 0.129. The van der Waals surface area contributed by atoms with Crippen molar-refractivity contribution in [3.8, 4) is 34.1 Å². The second kappa shape index (κ2) is 15.1. The minimum Gasteiger partial charge on any atom is -0.508 e. The lowest BCUT2D eigenvalue weighted by molar-refractivity contribution is -0.124. The van der Waals surface area contributed by atoms with Crippen LogP contribution in [0.3, 0.4) is 0 Å². The maximum absolute atomic E-state index is 13.5. The fourth-order valence-corrected chi connectivity index (χ4v) is 8.08. The van der Waals surface area contributed by atoms with E-state index in [0.29, 0.717) is 24.3 Å². The molecule has 4 aromatic carbocycles. The third-order valence-electron chi connectivity index (χ3n) is 8.00. The lowest BCUT2D eigenvalue weighted by Gasteiger charge is -2.25. The van der Waals surface area contributed by atoms with E-state index in [0.717, 1.165) is 63.6 Å². The molecule has 2 atom stereocenters. The van der Waals surface area contributed by atoms with E-state index in [1.165, 1.54) is 0 Å². The van der Waals surface area contributed by atoms with E-state index in [1.807, 2.05) is 31.3 Å². The highest BCUT2D eigenvalue weighted by atomic mass is 33.1. The molecule has 232 valence electrons. The molecule has 1 heterocycles. The number of ether oxygens (including phenoxy) is 2. The van der Waals surface area contributed by atoms with E-state index < -0.39 is 6.23 Å². The maximum Gasteiger partial charge on any atom is 0.168 e. The Kier molecular flexibility index (Phi) is 11.0. The molecule has 0 aromatic heterocycles. The second-order valence-corrected chi connectivity index (χ2v) is 13.6. The maximum atomic E-state index is 13.5. The van der Waals surface area contributed by atoms with Crippen molar-refractivity contribution >= 4 is 38.1 Å². The third kappa shape index (κ3) is 7.64. The van der Waals surface area contributed by atoms with Gasteiger partial charge in [-0.3, -0.25) is 10.1 Å². The summed E-state index contributed by atoms with van der Waals surface area (Å²) in [6.07, 6.45) is 2.99. The molecule has 2 unspecified atom stereocenters. The van der Waals surface area contributed by atoms with E-state index in [1.54, 1.807) is 65.1 Å². The standard InChI is InChI=1S/C35H39NO6S2/c1-36-35(24-6-5-7-25(37)18-24)42-28-8-3-4-17-43-44-21-31-29(15-11-22-9-13-27(39)20-30(22)31)33-23(10-14-26(38)19-28)12-16-32(40)34(33)41-2/h5-7,9,11-13,15-16,18,20,28,35-37,39-40H,3-4,8,10,14,17,19,21H2,1-2H3. The van der Waals surface area contributed by atoms with Crippen molar-refractivity contribution in [2.24, 2.45) is 0 Å². The van der Waals surface area contributed by atoms with Crippen LogP contribution in [0.1, 0.15) is 55.0 Å². The Morgan fingerprint density at radius 3 is 2.55 bits per heavy atom. The zero-order valence-electron chi connectivity index (χ0n) is 25.0. The highest BCUT2D eigenvalue weighted by molar-refractivity contribution is 8.76. The average molecular weight is 634 g/mol. The SMILES string of the molecule is CNC(OC1CCCCSSCc2c(ccc3ccc(O)cc23)-c2c(ccc(O)c2OC)CCC(=O)C1)c1cccc(O)c1. The van der Waals surface area contributed by atoms with Gasteiger partial charge in [0, 0.05) is 29.9 Å². The number of fused-ring (bicyclic) bond motifs is 5. The molecular formula is C35H39NO6S2. The Labute approximate surface area is 266 Å². The normalized spacial score (nSPS) is 17.5.